The Labute approximate surface area is 106 Å². The normalized spacial score (nSPS) is 10.7. The number of pyridine rings is 1. The predicted molar refractivity (Wildman–Crippen MR) is 74.2 cm³/mol. The highest BCUT2D eigenvalue weighted by molar-refractivity contribution is 5.81. The van der Waals surface area contributed by atoms with Gasteiger partial charge in [-0.3, -0.25) is 0 Å². The Balaban J connectivity index is 2.39. The summed E-state index contributed by atoms with van der Waals surface area (Å²) in [6.45, 7) is 0. The van der Waals surface area contributed by atoms with Gasteiger partial charge in [0.2, 0.25) is 0 Å². The van der Waals surface area contributed by atoms with Gasteiger partial charge in [0.1, 0.15) is 0 Å². The number of aromatic nitrogens is 1. The first-order valence-corrected chi connectivity index (χ1v) is 5.96. The fourth-order valence-electron chi connectivity index (χ4n) is 2.32. The van der Waals surface area contributed by atoms with E-state index in [0.29, 0.717) is 5.36 Å². The fourth-order valence-corrected chi connectivity index (χ4v) is 2.32. The van der Waals surface area contributed by atoms with Crippen molar-refractivity contribution in [3.63, 3.8) is 0 Å². The van der Waals surface area contributed by atoms with E-state index in [1.807, 2.05) is 49.5 Å². The van der Waals surface area contributed by atoms with Crippen molar-refractivity contribution in [1.82, 2.24) is 4.57 Å². The monoisotopic (exact) mass is 234 g/mol. The van der Waals surface area contributed by atoms with Gasteiger partial charge in [0, 0.05) is 12.4 Å². The van der Waals surface area contributed by atoms with Gasteiger partial charge in [-0.15, -0.1) is 0 Å². The molecule has 0 aliphatic rings. The molecule has 0 amide bonds. The summed E-state index contributed by atoms with van der Waals surface area (Å²) in [6.07, 6.45) is 0. The number of fused-ring (bicyclic) bond motifs is 1. The minimum absolute atomic E-state index is 0.572. The summed E-state index contributed by atoms with van der Waals surface area (Å²) in [6, 6.07) is 20.2. The standard InChI is InChI=1S/C16H14N2/c1-18-15-10-6-5-9-13(15)14(17)11-16(18)12-7-3-2-4-8-12/h2-11,17H,1H3. The molecule has 2 nitrogen and oxygen atoms in total. The molecule has 0 spiro atoms. The van der Waals surface area contributed by atoms with Crippen LogP contribution in [0.3, 0.4) is 0 Å². The first kappa shape index (κ1) is 10.8. The molecule has 0 bridgehead atoms. The van der Waals surface area contributed by atoms with Gasteiger partial charge >= 0.3 is 0 Å². The lowest BCUT2D eigenvalue weighted by atomic mass is 10.1. The third-order valence-electron chi connectivity index (χ3n) is 3.27. The molecule has 18 heavy (non-hydrogen) atoms. The maximum Gasteiger partial charge on any atom is 0.0654 e. The van der Waals surface area contributed by atoms with E-state index in [1.54, 1.807) is 0 Å². The molecule has 0 radical (unpaired) electrons. The summed E-state index contributed by atoms with van der Waals surface area (Å²) in [7, 11) is 2.05. The molecule has 3 rings (SSSR count). The van der Waals surface area contributed by atoms with Crippen LogP contribution in [-0.2, 0) is 7.05 Å². The molecule has 0 aliphatic heterocycles. The average Bonchev–Trinajstić information content (AvgIpc) is 2.44. The van der Waals surface area contributed by atoms with E-state index in [9.17, 15) is 0 Å². The summed E-state index contributed by atoms with van der Waals surface area (Å²) in [5.74, 6) is 0. The van der Waals surface area contributed by atoms with Gasteiger partial charge < -0.3 is 9.98 Å². The van der Waals surface area contributed by atoms with Gasteiger partial charge in [-0.05, 0) is 17.7 Å². The Morgan fingerprint density at radius 3 is 2.33 bits per heavy atom. The first-order chi connectivity index (χ1) is 8.77. The minimum Gasteiger partial charge on any atom is -0.344 e. The van der Waals surface area contributed by atoms with Gasteiger partial charge in [-0.1, -0.05) is 48.5 Å². The zero-order valence-corrected chi connectivity index (χ0v) is 10.2. The number of nitrogens with zero attached hydrogens (tertiary/aromatic N) is 1. The van der Waals surface area contributed by atoms with E-state index in [2.05, 4.69) is 22.8 Å². The van der Waals surface area contributed by atoms with E-state index in [0.717, 1.165) is 22.2 Å². The van der Waals surface area contributed by atoms with Crippen LogP contribution in [0.15, 0.2) is 60.7 Å². The molecule has 0 fully saturated rings. The molecule has 0 saturated carbocycles. The van der Waals surface area contributed by atoms with Crippen LogP contribution in [0.2, 0.25) is 0 Å². The second kappa shape index (κ2) is 4.15. The summed E-state index contributed by atoms with van der Waals surface area (Å²) < 4.78 is 2.14. The Morgan fingerprint density at radius 2 is 1.56 bits per heavy atom. The lowest BCUT2D eigenvalue weighted by Gasteiger charge is -2.13. The van der Waals surface area contributed by atoms with E-state index in [-0.39, 0.29) is 0 Å². The largest absolute Gasteiger partial charge is 0.344 e. The molecule has 3 aromatic rings. The van der Waals surface area contributed by atoms with Crippen LogP contribution >= 0.6 is 0 Å². The lowest BCUT2D eigenvalue weighted by molar-refractivity contribution is 0.956. The summed E-state index contributed by atoms with van der Waals surface area (Å²) >= 11 is 0. The highest BCUT2D eigenvalue weighted by atomic mass is 14.9. The fraction of sp³-hybridized carbons (Fsp3) is 0.0625. The number of rotatable bonds is 1. The van der Waals surface area contributed by atoms with E-state index < -0.39 is 0 Å². The molecule has 2 aromatic carbocycles. The third kappa shape index (κ3) is 1.63. The first-order valence-electron chi connectivity index (χ1n) is 5.96. The lowest BCUT2D eigenvalue weighted by Crippen LogP contribution is -2.08. The van der Waals surface area contributed by atoms with E-state index in [4.69, 9.17) is 5.41 Å². The zero-order valence-electron chi connectivity index (χ0n) is 10.2. The van der Waals surface area contributed by atoms with Crippen LogP contribution in [0.5, 0.6) is 0 Å². The topological polar surface area (TPSA) is 28.8 Å². The molecule has 1 N–H and O–H groups in total. The number of benzene rings is 2. The van der Waals surface area contributed by atoms with Crippen molar-refractivity contribution in [2.75, 3.05) is 0 Å². The average molecular weight is 234 g/mol. The van der Waals surface area contributed by atoms with Crippen molar-refractivity contribution in [2.45, 2.75) is 0 Å². The van der Waals surface area contributed by atoms with Crippen LogP contribution in [0.25, 0.3) is 22.2 Å². The van der Waals surface area contributed by atoms with E-state index in [1.165, 1.54) is 0 Å². The van der Waals surface area contributed by atoms with Crippen LogP contribution in [0.1, 0.15) is 0 Å². The van der Waals surface area contributed by atoms with E-state index >= 15 is 0 Å². The molecular weight excluding hydrogens is 220 g/mol. The Bertz CT molecular complexity index is 755. The molecule has 88 valence electrons. The van der Waals surface area contributed by atoms with Crippen LogP contribution < -0.4 is 5.36 Å². The van der Waals surface area contributed by atoms with Crippen molar-refractivity contribution in [3.05, 3.63) is 66.0 Å². The van der Waals surface area contributed by atoms with Gasteiger partial charge in [-0.2, -0.15) is 0 Å². The smallest absolute Gasteiger partial charge is 0.0654 e. The number of para-hydroxylation sites is 1. The molecule has 1 heterocycles. The molecule has 0 unspecified atom stereocenters. The summed E-state index contributed by atoms with van der Waals surface area (Å²) in [4.78, 5) is 0. The SMILES string of the molecule is Cn1c(-c2ccccc2)cc(=N)c2ccccc21. The quantitative estimate of drug-likeness (QED) is 0.669. The third-order valence-corrected chi connectivity index (χ3v) is 3.27. The molecular formula is C16H14N2. The van der Waals surface area contributed by atoms with Gasteiger partial charge in [0.25, 0.3) is 0 Å². The zero-order chi connectivity index (χ0) is 12.5. The predicted octanol–water partition coefficient (Wildman–Crippen LogP) is 3.32. The number of nitrogens with one attached hydrogen (secondary N) is 1. The number of aryl methyl sites for hydroxylation is 1. The second-order valence-electron chi connectivity index (χ2n) is 4.39. The van der Waals surface area contributed by atoms with Gasteiger partial charge in [0.15, 0.2) is 0 Å². The van der Waals surface area contributed by atoms with Crippen LogP contribution in [0, 0.1) is 5.41 Å². The van der Waals surface area contributed by atoms with Crippen LogP contribution in [-0.4, -0.2) is 4.57 Å². The maximum atomic E-state index is 8.14. The maximum absolute atomic E-state index is 8.14. The second-order valence-corrected chi connectivity index (χ2v) is 4.39. The molecule has 1 aromatic heterocycles. The van der Waals surface area contributed by atoms with Crippen molar-refractivity contribution >= 4 is 10.9 Å². The van der Waals surface area contributed by atoms with Gasteiger partial charge in [0.05, 0.1) is 16.6 Å². The summed E-state index contributed by atoms with van der Waals surface area (Å²) in [5.41, 5.74) is 3.29. The Morgan fingerprint density at radius 1 is 0.889 bits per heavy atom. The van der Waals surface area contributed by atoms with Crippen molar-refractivity contribution in [2.24, 2.45) is 7.05 Å². The van der Waals surface area contributed by atoms with Crippen molar-refractivity contribution in [3.8, 4) is 11.3 Å². The molecule has 2 heteroatoms. The molecule has 0 atom stereocenters. The highest BCUT2D eigenvalue weighted by Crippen LogP contribution is 2.20. The highest BCUT2D eigenvalue weighted by Gasteiger charge is 2.05. The molecule has 0 aliphatic carbocycles. The Hall–Kier alpha value is -2.35. The van der Waals surface area contributed by atoms with Crippen molar-refractivity contribution < 1.29 is 0 Å². The van der Waals surface area contributed by atoms with Gasteiger partial charge in [-0.25, -0.2) is 0 Å². The summed E-state index contributed by atoms with van der Waals surface area (Å²) in [5, 5.41) is 9.69. The Kier molecular flexibility index (Phi) is 2.49. The minimum atomic E-state index is 0.572. The number of hydrogen-bond donors (Lipinski definition) is 1. The van der Waals surface area contributed by atoms with Crippen molar-refractivity contribution in [1.29, 1.82) is 5.41 Å². The van der Waals surface area contributed by atoms with Crippen LogP contribution in [0.4, 0.5) is 0 Å². The molecule has 0 saturated heterocycles. The number of hydrogen-bond acceptors (Lipinski definition) is 1.